The molecule has 2 aromatic carbocycles. The van der Waals surface area contributed by atoms with Gasteiger partial charge < -0.3 is 9.71 Å². The molecule has 0 saturated carbocycles. The highest BCUT2D eigenvalue weighted by atomic mass is 35.5. The lowest BCUT2D eigenvalue weighted by Gasteiger charge is -2.15. The van der Waals surface area contributed by atoms with Crippen molar-refractivity contribution in [2.75, 3.05) is 11.0 Å². The van der Waals surface area contributed by atoms with Crippen molar-refractivity contribution in [1.29, 1.82) is 5.26 Å². The van der Waals surface area contributed by atoms with Crippen molar-refractivity contribution in [3.05, 3.63) is 80.9 Å². The molecule has 8 heteroatoms. The first-order valence-corrected chi connectivity index (χ1v) is 10.9. The Morgan fingerprint density at radius 2 is 2.00 bits per heavy atom. The minimum absolute atomic E-state index is 0.0827. The number of halogens is 2. The highest BCUT2D eigenvalue weighted by Gasteiger charge is 2.19. The fourth-order valence-corrected chi connectivity index (χ4v) is 4.28. The summed E-state index contributed by atoms with van der Waals surface area (Å²) in [7, 11) is 0. The van der Waals surface area contributed by atoms with E-state index in [0.717, 1.165) is 16.8 Å². The molecule has 0 aliphatic carbocycles. The van der Waals surface area contributed by atoms with E-state index in [1.807, 2.05) is 31.4 Å². The van der Waals surface area contributed by atoms with Crippen LogP contribution in [-0.2, 0) is 0 Å². The Labute approximate surface area is 187 Å². The summed E-state index contributed by atoms with van der Waals surface area (Å²) in [5.41, 5.74) is 3.51. The standard InChI is InChI=1S/C23H16ClFN4OS/c1-12-8-15(10-18(24)21(12)29-31-2)17-9-13-6-7-19(30)27-23(13)28-22(17)16-5-3-4-14(11-26)20(16)25/h3-10,29H,1-2H3,(H,27,28,30). The Kier molecular flexibility index (Phi) is 5.68. The molecule has 0 aliphatic rings. The second-order valence-corrected chi connectivity index (χ2v) is 7.90. The summed E-state index contributed by atoms with van der Waals surface area (Å²) < 4.78 is 18.2. The van der Waals surface area contributed by atoms with E-state index in [4.69, 9.17) is 11.6 Å². The number of benzene rings is 2. The summed E-state index contributed by atoms with van der Waals surface area (Å²) in [5, 5.41) is 10.5. The molecule has 0 unspecified atom stereocenters. The van der Waals surface area contributed by atoms with Gasteiger partial charge in [-0.25, -0.2) is 9.37 Å². The van der Waals surface area contributed by atoms with Gasteiger partial charge >= 0.3 is 0 Å². The maximum atomic E-state index is 15.1. The third-order valence-electron chi connectivity index (χ3n) is 4.88. The molecule has 4 rings (SSSR count). The van der Waals surface area contributed by atoms with Crippen molar-refractivity contribution < 1.29 is 4.39 Å². The number of hydrogen-bond donors (Lipinski definition) is 2. The minimum Gasteiger partial charge on any atom is -0.328 e. The number of fused-ring (bicyclic) bond motifs is 1. The summed E-state index contributed by atoms with van der Waals surface area (Å²) in [6.07, 6.45) is 1.90. The third kappa shape index (κ3) is 3.88. The van der Waals surface area contributed by atoms with Gasteiger partial charge in [-0.1, -0.05) is 29.6 Å². The summed E-state index contributed by atoms with van der Waals surface area (Å²) in [5.74, 6) is -0.667. The van der Waals surface area contributed by atoms with Crippen LogP contribution in [-0.4, -0.2) is 16.2 Å². The first-order valence-electron chi connectivity index (χ1n) is 9.25. The first-order chi connectivity index (χ1) is 14.9. The van der Waals surface area contributed by atoms with Crippen LogP contribution in [0.2, 0.25) is 5.02 Å². The summed E-state index contributed by atoms with van der Waals surface area (Å²) >= 11 is 7.95. The minimum atomic E-state index is -0.667. The van der Waals surface area contributed by atoms with E-state index in [-0.39, 0.29) is 16.7 Å². The van der Waals surface area contributed by atoms with Crippen molar-refractivity contribution in [3.8, 4) is 28.5 Å². The van der Waals surface area contributed by atoms with Crippen molar-refractivity contribution in [3.63, 3.8) is 0 Å². The van der Waals surface area contributed by atoms with Gasteiger partial charge in [-0.3, -0.25) is 4.79 Å². The van der Waals surface area contributed by atoms with E-state index in [9.17, 15) is 10.1 Å². The van der Waals surface area contributed by atoms with Crippen LogP contribution >= 0.6 is 23.5 Å². The summed E-state index contributed by atoms with van der Waals surface area (Å²) in [6, 6.07) is 15.1. The number of nitrogens with zero attached hydrogens (tertiary/aromatic N) is 2. The van der Waals surface area contributed by atoms with Gasteiger partial charge in [0, 0.05) is 28.8 Å². The Morgan fingerprint density at radius 3 is 2.71 bits per heavy atom. The van der Waals surface area contributed by atoms with Gasteiger partial charge in [0.25, 0.3) is 0 Å². The van der Waals surface area contributed by atoms with Crippen LogP contribution in [0.25, 0.3) is 33.4 Å². The molecule has 0 amide bonds. The van der Waals surface area contributed by atoms with Gasteiger partial charge in [-0.2, -0.15) is 5.26 Å². The average molecular weight is 451 g/mol. The molecule has 0 aliphatic heterocycles. The third-order valence-corrected chi connectivity index (χ3v) is 5.59. The largest absolute Gasteiger partial charge is 0.328 e. The number of nitrogens with one attached hydrogen (secondary N) is 2. The molecular weight excluding hydrogens is 435 g/mol. The number of anilines is 1. The fraction of sp³-hybridized carbons (Fsp3) is 0.0870. The second kappa shape index (κ2) is 8.42. The number of nitriles is 1. The Hall–Kier alpha value is -3.34. The molecule has 2 aromatic heterocycles. The van der Waals surface area contributed by atoms with Crippen LogP contribution < -0.4 is 10.3 Å². The second-order valence-electron chi connectivity index (χ2n) is 6.88. The molecule has 4 aromatic rings. The van der Waals surface area contributed by atoms with E-state index >= 15 is 4.39 Å². The lowest BCUT2D eigenvalue weighted by molar-refractivity contribution is 0.627. The van der Waals surface area contributed by atoms with Crippen molar-refractivity contribution in [1.82, 2.24) is 9.97 Å². The molecule has 5 nitrogen and oxygen atoms in total. The van der Waals surface area contributed by atoms with Crippen LogP contribution in [0.3, 0.4) is 0 Å². The molecule has 0 atom stereocenters. The fourth-order valence-electron chi connectivity index (χ4n) is 3.44. The number of aromatic amines is 1. The molecule has 0 spiro atoms. The zero-order chi connectivity index (χ0) is 22.1. The highest BCUT2D eigenvalue weighted by Crippen LogP contribution is 2.39. The van der Waals surface area contributed by atoms with Crippen molar-refractivity contribution in [2.45, 2.75) is 6.92 Å². The van der Waals surface area contributed by atoms with E-state index in [2.05, 4.69) is 14.7 Å². The van der Waals surface area contributed by atoms with Gasteiger partial charge in [-0.15, -0.1) is 0 Å². The lowest BCUT2D eigenvalue weighted by Crippen LogP contribution is -2.05. The normalized spacial score (nSPS) is 10.8. The van der Waals surface area contributed by atoms with Gasteiger partial charge in [0.1, 0.15) is 17.5 Å². The molecule has 0 radical (unpaired) electrons. The zero-order valence-corrected chi connectivity index (χ0v) is 18.2. The smallest absolute Gasteiger partial charge is 0.249 e. The Balaban J connectivity index is 2.06. The highest BCUT2D eigenvalue weighted by molar-refractivity contribution is 7.99. The predicted octanol–water partition coefficient (Wildman–Crippen LogP) is 5.92. The van der Waals surface area contributed by atoms with Crippen molar-refractivity contribution in [2.24, 2.45) is 0 Å². The maximum absolute atomic E-state index is 15.1. The number of aromatic nitrogens is 2. The van der Waals surface area contributed by atoms with Crippen LogP contribution in [0, 0.1) is 24.1 Å². The molecule has 0 bridgehead atoms. The van der Waals surface area contributed by atoms with E-state index in [1.165, 1.54) is 24.1 Å². The number of rotatable bonds is 4. The molecule has 154 valence electrons. The molecule has 0 saturated heterocycles. The van der Waals surface area contributed by atoms with E-state index < -0.39 is 5.82 Å². The van der Waals surface area contributed by atoms with Gasteiger partial charge in [0.15, 0.2) is 0 Å². The van der Waals surface area contributed by atoms with Gasteiger partial charge in [0.2, 0.25) is 5.56 Å². The maximum Gasteiger partial charge on any atom is 0.249 e. The van der Waals surface area contributed by atoms with Crippen molar-refractivity contribution >= 4 is 40.3 Å². The summed E-state index contributed by atoms with van der Waals surface area (Å²) in [6.45, 7) is 1.93. The average Bonchev–Trinajstić information content (AvgIpc) is 2.75. The molecule has 2 N–H and O–H groups in total. The first kappa shape index (κ1) is 20.9. The number of aryl methyl sites for hydroxylation is 1. The molecule has 2 heterocycles. The van der Waals surface area contributed by atoms with Crippen LogP contribution in [0.4, 0.5) is 10.1 Å². The number of H-pyrrole nitrogens is 1. The number of pyridine rings is 2. The Bertz CT molecular complexity index is 1400. The van der Waals surface area contributed by atoms with E-state index in [1.54, 1.807) is 24.3 Å². The molecule has 31 heavy (non-hydrogen) atoms. The van der Waals surface area contributed by atoms with Crippen LogP contribution in [0.15, 0.2) is 53.3 Å². The summed E-state index contributed by atoms with van der Waals surface area (Å²) in [4.78, 5) is 19.1. The van der Waals surface area contributed by atoms with Gasteiger partial charge in [0.05, 0.1) is 22.0 Å². The Morgan fingerprint density at radius 1 is 1.19 bits per heavy atom. The lowest BCUT2D eigenvalue weighted by atomic mass is 9.95. The predicted molar refractivity (Wildman–Crippen MR) is 125 cm³/mol. The van der Waals surface area contributed by atoms with Crippen LogP contribution in [0.1, 0.15) is 11.1 Å². The zero-order valence-electron chi connectivity index (χ0n) is 16.6. The monoisotopic (exact) mass is 450 g/mol. The van der Waals surface area contributed by atoms with E-state index in [0.29, 0.717) is 27.3 Å². The quantitative estimate of drug-likeness (QED) is 0.377. The number of hydrogen-bond acceptors (Lipinski definition) is 5. The SMILES string of the molecule is CSNc1c(C)cc(-c2cc3ccc(=O)[nH]c3nc2-c2cccc(C#N)c2F)cc1Cl. The molecule has 0 fully saturated rings. The molecular formula is C23H16ClFN4OS. The van der Waals surface area contributed by atoms with Gasteiger partial charge in [-0.05, 0) is 54.4 Å². The van der Waals surface area contributed by atoms with Crippen LogP contribution in [0.5, 0.6) is 0 Å². The topological polar surface area (TPSA) is 81.6 Å².